The number of carbonyl (C=O) groups is 1. The van der Waals surface area contributed by atoms with E-state index in [9.17, 15) is 9.90 Å². The molecule has 0 spiro atoms. The number of aromatic nitrogens is 2. The molecule has 8 rings (SSSR count). The van der Waals surface area contributed by atoms with Gasteiger partial charge >= 0.3 is 0 Å². The molecule has 1 fully saturated rings. The normalized spacial score (nSPS) is 27.1. The van der Waals surface area contributed by atoms with Crippen molar-refractivity contribution in [2.24, 2.45) is 5.92 Å². The third-order valence-electron chi connectivity index (χ3n) is 9.45. The Balaban J connectivity index is 1.74. The van der Waals surface area contributed by atoms with Crippen LogP contribution in [0.5, 0.6) is 5.75 Å². The molecule has 6 heteroatoms. The molecule has 6 nitrogen and oxygen atoms in total. The molecule has 36 heavy (non-hydrogen) atoms. The molecule has 182 valence electrons. The van der Waals surface area contributed by atoms with Crippen LogP contribution >= 0.6 is 0 Å². The highest BCUT2D eigenvalue weighted by Crippen LogP contribution is 2.55. The van der Waals surface area contributed by atoms with Crippen molar-refractivity contribution in [3.63, 3.8) is 0 Å². The molecule has 2 bridgehead atoms. The zero-order valence-electron chi connectivity index (χ0n) is 21.0. The third kappa shape index (κ3) is 2.20. The van der Waals surface area contributed by atoms with Gasteiger partial charge in [0.25, 0.3) is 0 Å². The number of Topliss-reactive ketones (excluding diaryl/α,β-unsaturated/α-hetero) is 1. The van der Waals surface area contributed by atoms with Gasteiger partial charge < -0.3 is 24.3 Å². The number of hydrogen-bond donors (Lipinski definition) is 2. The van der Waals surface area contributed by atoms with Crippen molar-refractivity contribution in [3.8, 4) is 5.75 Å². The van der Waals surface area contributed by atoms with Crippen LogP contribution in [0.1, 0.15) is 54.4 Å². The minimum Gasteiger partial charge on any atom is -0.508 e. The maximum atomic E-state index is 13.5. The van der Waals surface area contributed by atoms with E-state index in [2.05, 4.69) is 53.4 Å². The minimum atomic E-state index is -0.619. The predicted octanol–water partition coefficient (Wildman–Crippen LogP) is 5.87. The summed E-state index contributed by atoms with van der Waals surface area (Å²) in [4.78, 5) is 13.5. The molecule has 1 saturated heterocycles. The van der Waals surface area contributed by atoms with Crippen molar-refractivity contribution >= 4 is 49.4 Å². The molecule has 0 amide bonds. The van der Waals surface area contributed by atoms with Gasteiger partial charge in [-0.3, -0.25) is 4.79 Å². The fraction of sp³-hybridized carbons (Fsp3) is 0.367. The molecule has 1 aliphatic carbocycles. The Morgan fingerprint density at radius 2 is 1.89 bits per heavy atom. The van der Waals surface area contributed by atoms with Crippen molar-refractivity contribution in [2.45, 2.75) is 58.0 Å². The highest BCUT2D eigenvalue weighted by Gasteiger charge is 2.50. The first-order valence-corrected chi connectivity index (χ1v) is 13.0. The van der Waals surface area contributed by atoms with Crippen molar-refractivity contribution in [3.05, 3.63) is 53.1 Å². The lowest BCUT2D eigenvalue weighted by Crippen LogP contribution is -2.54. The lowest BCUT2D eigenvalue weighted by molar-refractivity contribution is -0.224. The van der Waals surface area contributed by atoms with Gasteiger partial charge in [0.2, 0.25) is 0 Å². The van der Waals surface area contributed by atoms with Crippen LogP contribution in [0, 0.1) is 12.8 Å². The lowest BCUT2D eigenvalue weighted by atomic mass is 9.85. The largest absolute Gasteiger partial charge is 0.508 e. The van der Waals surface area contributed by atoms with Gasteiger partial charge in [-0.15, -0.1) is 0 Å². The molecule has 4 heterocycles. The maximum absolute atomic E-state index is 13.5. The first-order valence-electron chi connectivity index (χ1n) is 13.0. The molecule has 0 unspecified atom stereocenters. The number of ketones is 1. The number of nitrogens with zero attached hydrogens (tertiary/aromatic N) is 2. The van der Waals surface area contributed by atoms with Crippen LogP contribution in [0.3, 0.4) is 0 Å². The van der Waals surface area contributed by atoms with E-state index in [0.29, 0.717) is 6.42 Å². The van der Waals surface area contributed by atoms with Crippen molar-refractivity contribution < 1.29 is 14.6 Å². The summed E-state index contributed by atoms with van der Waals surface area (Å²) in [5, 5.41) is 18.4. The summed E-state index contributed by atoms with van der Waals surface area (Å²) in [6, 6.07) is 12.5. The Bertz CT molecular complexity index is 1830. The third-order valence-corrected chi connectivity index (χ3v) is 9.45. The van der Waals surface area contributed by atoms with E-state index >= 15 is 0 Å². The monoisotopic (exact) mass is 479 g/mol. The average Bonchev–Trinajstić information content (AvgIpc) is 3.48. The second-order valence-corrected chi connectivity index (χ2v) is 11.2. The highest BCUT2D eigenvalue weighted by atomic mass is 16.5. The number of aromatic hydroxyl groups is 1. The summed E-state index contributed by atoms with van der Waals surface area (Å²) >= 11 is 0. The first-order chi connectivity index (χ1) is 17.3. The van der Waals surface area contributed by atoms with E-state index in [4.69, 9.17) is 4.74 Å². The summed E-state index contributed by atoms with van der Waals surface area (Å²) in [6.45, 7) is 6.60. The van der Waals surface area contributed by atoms with E-state index < -0.39 is 5.72 Å². The molecule has 4 atom stereocenters. The van der Waals surface area contributed by atoms with Gasteiger partial charge in [0, 0.05) is 51.9 Å². The van der Waals surface area contributed by atoms with E-state index in [1.807, 2.05) is 19.2 Å². The fourth-order valence-corrected chi connectivity index (χ4v) is 7.68. The molecule has 0 saturated carbocycles. The van der Waals surface area contributed by atoms with Crippen molar-refractivity contribution in [1.82, 2.24) is 14.5 Å². The Kier molecular flexibility index (Phi) is 3.75. The summed E-state index contributed by atoms with van der Waals surface area (Å²) in [7, 11) is 2.04. The molecule has 0 radical (unpaired) electrons. The first kappa shape index (κ1) is 20.8. The van der Waals surface area contributed by atoms with Gasteiger partial charge in [0.05, 0.1) is 22.1 Å². The van der Waals surface area contributed by atoms with Gasteiger partial charge in [0.15, 0.2) is 5.78 Å². The number of carbonyl (C=O) groups excluding carboxylic acids is 1. The van der Waals surface area contributed by atoms with Gasteiger partial charge in [-0.05, 0) is 62.7 Å². The molecule has 2 aromatic heterocycles. The highest BCUT2D eigenvalue weighted by molar-refractivity contribution is 6.31. The van der Waals surface area contributed by atoms with Crippen LogP contribution in [0.15, 0.2) is 36.4 Å². The van der Waals surface area contributed by atoms with E-state index in [0.717, 1.165) is 67.6 Å². The fourth-order valence-electron chi connectivity index (χ4n) is 7.68. The van der Waals surface area contributed by atoms with Crippen LogP contribution in [-0.2, 0) is 16.9 Å². The van der Waals surface area contributed by atoms with E-state index in [1.165, 1.54) is 5.56 Å². The lowest BCUT2D eigenvalue weighted by Gasteiger charge is -2.48. The summed E-state index contributed by atoms with van der Waals surface area (Å²) in [6.07, 6.45) is 1.93. The minimum absolute atomic E-state index is 0.171. The second-order valence-electron chi connectivity index (χ2n) is 11.2. The Hall–Kier alpha value is -3.35. The zero-order chi connectivity index (χ0) is 24.7. The molecule has 2 N–H and O–H groups in total. The van der Waals surface area contributed by atoms with Crippen LogP contribution in [-0.4, -0.2) is 33.1 Å². The number of phenolic OH excluding ortho intramolecular Hbond substituents is 1. The Morgan fingerprint density at radius 1 is 1.06 bits per heavy atom. The summed E-state index contributed by atoms with van der Waals surface area (Å²) in [5.74, 6) is 0.643. The van der Waals surface area contributed by atoms with Crippen LogP contribution < -0.4 is 5.32 Å². The molecule has 2 aliphatic heterocycles. The van der Waals surface area contributed by atoms with Crippen LogP contribution in [0.4, 0.5) is 0 Å². The van der Waals surface area contributed by atoms with Gasteiger partial charge in [-0.2, -0.15) is 0 Å². The summed E-state index contributed by atoms with van der Waals surface area (Å²) < 4.78 is 11.9. The van der Waals surface area contributed by atoms with E-state index in [-0.39, 0.29) is 29.7 Å². The van der Waals surface area contributed by atoms with Crippen molar-refractivity contribution in [1.29, 1.82) is 0 Å². The van der Waals surface area contributed by atoms with Gasteiger partial charge in [-0.1, -0.05) is 19.1 Å². The average molecular weight is 480 g/mol. The van der Waals surface area contributed by atoms with E-state index in [1.54, 1.807) is 6.07 Å². The van der Waals surface area contributed by atoms with Crippen molar-refractivity contribution in [2.75, 3.05) is 7.05 Å². The molecule has 3 aromatic carbocycles. The quantitative estimate of drug-likeness (QED) is 0.315. The van der Waals surface area contributed by atoms with Crippen LogP contribution in [0.25, 0.3) is 43.6 Å². The second kappa shape index (κ2) is 6.50. The zero-order valence-corrected chi connectivity index (χ0v) is 21.0. The topological polar surface area (TPSA) is 68.4 Å². The maximum Gasteiger partial charge on any atom is 0.164 e. The number of phenols is 1. The predicted molar refractivity (Wildman–Crippen MR) is 142 cm³/mol. The smallest absolute Gasteiger partial charge is 0.164 e. The Morgan fingerprint density at radius 3 is 2.69 bits per heavy atom. The molecule has 5 aromatic rings. The number of aryl methyl sites for hydroxylation is 2. The number of hydrogen-bond acceptors (Lipinski definition) is 4. The van der Waals surface area contributed by atoms with Gasteiger partial charge in [0.1, 0.15) is 17.7 Å². The molecular weight excluding hydrogens is 450 g/mol. The number of nitrogens with one attached hydrogen (secondary N) is 1. The number of fused-ring (bicyclic) bond motifs is 13. The molecule has 3 aliphatic rings. The molecular formula is C30H29N3O3. The number of benzene rings is 3. The number of rotatable bonds is 1. The number of ether oxygens (including phenoxy) is 1. The standard InChI is InChI=1S/C30H29N3O3/c1-14-5-7-17-22(11-14)32-24-13-20(31-4)15(2)30(3,36-24)33-21-9-6-16(34)12-19(21)25-18-8-10-23(35)26(18)27(17)28(32)29(25)33/h5-7,9,11-12,15,20,24,31,34H,8,10,13H2,1-4H3/t15-,20-,24-,30+/m1/s1. The van der Waals surface area contributed by atoms with Gasteiger partial charge in [-0.25, -0.2) is 0 Å². The Labute approximate surface area is 208 Å². The summed E-state index contributed by atoms with van der Waals surface area (Å²) in [5.41, 5.74) is 6.94. The van der Waals surface area contributed by atoms with Crippen LogP contribution in [0.2, 0.25) is 0 Å². The SMILES string of the molecule is CN[C@@H]1C[C@H]2O[C@@](C)([C@@H]1C)n1c3ccc(O)cc3c3c4c(c5c6ccc(C)cc6n2c5c31)C(=O)CC4.